The van der Waals surface area contributed by atoms with Gasteiger partial charge in [0.05, 0.1) is 5.16 Å². The summed E-state index contributed by atoms with van der Waals surface area (Å²) in [5.74, 6) is 0.273. The lowest BCUT2D eigenvalue weighted by molar-refractivity contribution is -0.119. The Kier molecular flexibility index (Phi) is 4.08. The third kappa shape index (κ3) is 3.22. The molecule has 0 unspecified atom stereocenters. The number of amides is 1. The lowest BCUT2D eigenvalue weighted by Crippen LogP contribution is -2.17. The van der Waals surface area contributed by atoms with E-state index in [1.165, 1.54) is 0 Å². The molecule has 1 aliphatic heterocycles. The van der Waals surface area contributed by atoms with Crippen LogP contribution in [0.25, 0.3) is 0 Å². The molecule has 1 saturated heterocycles. The molecule has 0 aromatic rings. The predicted octanol–water partition coefficient (Wildman–Crippen LogP) is 1.43. The number of aliphatic imine (C=N–C) groups is 1. The molecule has 0 radical (unpaired) electrons. The summed E-state index contributed by atoms with van der Waals surface area (Å²) in [5.41, 5.74) is 0. The first-order chi connectivity index (χ1) is 5.83. The highest BCUT2D eigenvalue weighted by Crippen LogP contribution is 2.18. The average Bonchev–Trinajstić information content (AvgIpc) is 2.06. The molecule has 1 heterocycles. The summed E-state index contributed by atoms with van der Waals surface area (Å²) < 4.78 is 5.16. The summed E-state index contributed by atoms with van der Waals surface area (Å²) in [6, 6.07) is 0. The molecule has 0 saturated carbocycles. The molecule has 0 aliphatic carbocycles. The molecule has 4 heteroatoms. The number of hydrogen-bond donors (Lipinski definition) is 0. The second-order valence-corrected chi connectivity index (χ2v) is 3.04. The van der Waals surface area contributed by atoms with Crippen LogP contribution in [-0.2, 0) is 9.53 Å². The number of ether oxygens (including phenoxy) is 1. The van der Waals surface area contributed by atoms with Crippen molar-refractivity contribution >= 4 is 23.3 Å². The van der Waals surface area contributed by atoms with Gasteiger partial charge in [0, 0.05) is 19.6 Å². The standard InChI is InChI=1S/C8H11NO2S/c10-8(9-6-12)5-7-1-3-11-4-2-7/h7H,1-5H2. The van der Waals surface area contributed by atoms with Gasteiger partial charge in [0.2, 0.25) is 0 Å². The van der Waals surface area contributed by atoms with Crippen molar-refractivity contribution in [2.24, 2.45) is 10.9 Å². The van der Waals surface area contributed by atoms with Gasteiger partial charge in [-0.3, -0.25) is 4.79 Å². The fourth-order valence-corrected chi connectivity index (χ4v) is 1.40. The molecule has 66 valence electrons. The van der Waals surface area contributed by atoms with E-state index in [0.29, 0.717) is 12.3 Å². The first-order valence-corrected chi connectivity index (χ1v) is 4.42. The van der Waals surface area contributed by atoms with Gasteiger partial charge < -0.3 is 4.74 Å². The van der Waals surface area contributed by atoms with E-state index in [9.17, 15) is 4.79 Å². The zero-order chi connectivity index (χ0) is 8.81. The monoisotopic (exact) mass is 185 g/mol. The van der Waals surface area contributed by atoms with Gasteiger partial charge in [-0.2, -0.15) is 4.99 Å². The number of carbonyl (C=O) groups excluding carboxylic acids is 1. The van der Waals surface area contributed by atoms with E-state index < -0.39 is 0 Å². The Morgan fingerprint density at radius 3 is 2.83 bits per heavy atom. The second-order valence-electron chi connectivity index (χ2n) is 2.86. The summed E-state index contributed by atoms with van der Waals surface area (Å²) in [5, 5.41) is 2.08. The Hall–Kier alpha value is -0.570. The minimum atomic E-state index is -0.156. The molecule has 1 fully saturated rings. The molecular weight excluding hydrogens is 174 g/mol. The number of rotatable bonds is 2. The fraction of sp³-hybridized carbons (Fsp3) is 0.750. The molecule has 1 aliphatic rings. The van der Waals surface area contributed by atoms with Gasteiger partial charge >= 0.3 is 0 Å². The van der Waals surface area contributed by atoms with Crippen molar-refractivity contribution in [1.29, 1.82) is 0 Å². The SMILES string of the molecule is O=C(CC1CCOCC1)N=C=S. The molecular formula is C8H11NO2S. The van der Waals surface area contributed by atoms with Crippen LogP contribution in [0.5, 0.6) is 0 Å². The van der Waals surface area contributed by atoms with Crippen molar-refractivity contribution in [3.63, 3.8) is 0 Å². The van der Waals surface area contributed by atoms with E-state index in [4.69, 9.17) is 4.74 Å². The van der Waals surface area contributed by atoms with Crippen molar-refractivity contribution in [2.45, 2.75) is 19.3 Å². The van der Waals surface area contributed by atoms with Crippen LogP contribution in [0.15, 0.2) is 4.99 Å². The second kappa shape index (κ2) is 5.14. The van der Waals surface area contributed by atoms with Crippen molar-refractivity contribution < 1.29 is 9.53 Å². The quantitative estimate of drug-likeness (QED) is 0.482. The summed E-state index contributed by atoms with van der Waals surface area (Å²) >= 11 is 4.33. The Morgan fingerprint density at radius 2 is 2.25 bits per heavy atom. The molecule has 12 heavy (non-hydrogen) atoms. The van der Waals surface area contributed by atoms with Crippen LogP contribution in [0.1, 0.15) is 19.3 Å². The smallest absolute Gasteiger partial charge is 0.254 e. The van der Waals surface area contributed by atoms with Crippen molar-refractivity contribution in [3.05, 3.63) is 0 Å². The van der Waals surface area contributed by atoms with Crippen molar-refractivity contribution in [1.82, 2.24) is 0 Å². The maximum Gasteiger partial charge on any atom is 0.254 e. The van der Waals surface area contributed by atoms with Crippen molar-refractivity contribution in [3.8, 4) is 0 Å². The minimum absolute atomic E-state index is 0.156. The van der Waals surface area contributed by atoms with E-state index >= 15 is 0 Å². The molecule has 0 bridgehead atoms. The zero-order valence-electron chi connectivity index (χ0n) is 6.78. The van der Waals surface area contributed by atoms with Crippen LogP contribution in [0.2, 0.25) is 0 Å². The molecule has 1 rings (SSSR count). The number of nitrogens with zero attached hydrogens (tertiary/aromatic N) is 1. The number of carbonyl (C=O) groups is 1. The first kappa shape index (κ1) is 9.52. The predicted molar refractivity (Wildman–Crippen MR) is 48.2 cm³/mol. The molecule has 0 aromatic carbocycles. The first-order valence-electron chi connectivity index (χ1n) is 4.01. The lowest BCUT2D eigenvalue weighted by atomic mass is 9.96. The van der Waals surface area contributed by atoms with E-state index in [1.807, 2.05) is 0 Å². The van der Waals surface area contributed by atoms with Gasteiger partial charge in [0.1, 0.15) is 0 Å². The number of hydrogen-bond acceptors (Lipinski definition) is 3. The largest absolute Gasteiger partial charge is 0.381 e. The summed E-state index contributed by atoms with van der Waals surface area (Å²) in [6.07, 6.45) is 2.41. The Bertz CT molecular complexity index is 205. The molecule has 0 aromatic heterocycles. The topological polar surface area (TPSA) is 38.7 Å². The van der Waals surface area contributed by atoms with Crippen LogP contribution in [0, 0.1) is 5.92 Å². The summed E-state index contributed by atoms with van der Waals surface area (Å²) in [6.45, 7) is 1.53. The van der Waals surface area contributed by atoms with Crippen LogP contribution >= 0.6 is 12.2 Å². The van der Waals surface area contributed by atoms with Gasteiger partial charge in [-0.15, -0.1) is 0 Å². The summed E-state index contributed by atoms with van der Waals surface area (Å²) in [4.78, 5) is 14.4. The van der Waals surface area contributed by atoms with E-state index in [-0.39, 0.29) is 5.91 Å². The summed E-state index contributed by atoms with van der Waals surface area (Å²) in [7, 11) is 0. The van der Waals surface area contributed by atoms with E-state index in [2.05, 4.69) is 22.4 Å². The fourth-order valence-electron chi connectivity index (χ4n) is 1.29. The maximum absolute atomic E-state index is 11.0. The Labute approximate surface area is 76.8 Å². The number of isothiocyanates is 1. The van der Waals surface area contributed by atoms with Crippen LogP contribution in [0.4, 0.5) is 0 Å². The van der Waals surface area contributed by atoms with E-state index in [1.54, 1.807) is 0 Å². The molecule has 1 amide bonds. The van der Waals surface area contributed by atoms with Gasteiger partial charge in [0.25, 0.3) is 5.91 Å². The highest BCUT2D eigenvalue weighted by atomic mass is 32.1. The van der Waals surface area contributed by atoms with Gasteiger partial charge in [0.15, 0.2) is 0 Å². The number of thiocarbonyl (C=S) groups is 1. The van der Waals surface area contributed by atoms with Gasteiger partial charge in [-0.25, -0.2) is 0 Å². The Balaban J connectivity index is 2.29. The highest BCUT2D eigenvalue weighted by Gasteiger charge is 2.16. The molecule has 0 N–H and O–H groups in total. The van der Waals surface area contributed by atoms with Crippen molar-refractivity contribution in [2.75, 3.05) is 13.2 Å². The van der Waals surface area contributed by atoms with Gasteiger partial charge in [-0.1, -0.05) is 0 Å². The van der Waals surface area contributed by atoms with Crippen LogP contribution in [-0.4, -0.2) is 24.3 Å². The van der Waals surface area contributed by atoms with E-state index in [0.717, 1.165) is 26.1 Å². The lowest BCUT2D eigenvalue weighted by Gasteiger charge is -2.19. The Morgan fingerprint density at radius 1 is 1.58 bits per heavy atom. The van der Waals surface area contributed by atoms with Gasteiger partial charge in [-0.05, 0) is 31.0 Å². The minimum Gasteiger partial charge on any atom is -0.381 e. The highest BCUT2D eigenvalue weighted by molar-refractivity contribution is 7.78. The van der Waals surface area contributed by atoms with Crippen LogP contribution < -0.4 is 0 Å². The maximum atomic E-state index is 11.0. The molecule has 0 atom stereocenters. The normalized spacial score (nSPS) is 18.3. The zero-order valence-corrected chi connectivity index (χ0v) is 7.60. The molecule has 0 spiro atoms. The van der Waals surface area contributed by atoms with Crippen LogP contribution in [0.3, 0.4) is 0 Å². The molecule has 3 nitrogen and oxygen atoms in total. The average molecular weight is 185 g/mol. The third-order valence-electron chi connectivity index (χ3n) is 1.97. The third-order valence-corrected chi connectivity index (χ3v) is 2.07.